The Kier molecular flexibility index (Phi) is 6.92. The van der Waals surface area contributed by atoms with E-state index in [4.69, 9.17) is 0 Å². The third-order valence-corrected chi connectivity index (χ3v) is 6.05. The number of nitrogens with zero attached hydrogens (tertiary/aromatic N) is 2. The number of nitrogens with one attached hydrogen (secondary N) is 2. The van der Waals surface area contributed by atoms with Gasteiger partial charge in [-0.15, -0.1) is 12.4 Å². The second-order valence-electron chi connectivity index (χ2n) is 8.26. The van der Waals surface area contributed by atoms with Crippen molar-refractivity contribution in [3.05, 3.63) is 18.0 Å². The van der Waals surface area contributed by atoms with Gasteiger partial charge in [0.05, 0.1) is 12.1 Å². The van der Waals surface area contributed by atoms with Crippen LogP contribution in [-0.2, 0) is 11.8 Å². The first-order valence-corrected chi connectivity index (χ1v) is 9.45. The van der Waals surface area contributed by atoms with Crippen LogP contribution in [0.25, 0.3) is 0 Å². The highest BCUT2D eigenvalue weighted by molar-refractivity contribution is 5.85. The lowest BCUT2D eigenvalue weighted by molar-refractivity contribution is -0.126. The molecule has 0 bridgehead atoms. The molecular weight excluding hydrogens is 336 g/mol. The molecule has 3 unspecified atom stereocenters. The zero-order valence-corrected chi connectivity index (χ0v) is 16.7. The van der Waals surface area contributed by atoms with E-state index in [1.807, 2.05) is 24.1 Å². The standard InChI is InChI=1S/C19H32N4O.ClH/c1-12(2)15-6-5-13(3)7-18(15)22-19(24)17-10-20-9-16(17)14-8-21-23(4)11-14;/h8,11-13,15-18,20H,5-7,9-10H2,1-4H3,(H,22,24);1H/t13?,15?,16-,17+,18?;/m1./s1. The molecule has 5 nitrogen and oxygen atoms in total. The fourth-order valence-corrected chi connectivity index (χ4v) is 4.59. The van der Waals surface area contributed by atoms with Gasteiger partial charge < -0.3 is 10.6 Å². The summed E-state index contributed by atoms with van der Waals surface area (Å²) in [5.41, 5.74) is 1.17. The normalized spacial score (nSPS) is 32.4. The molecule has 1 aromatic heterocycles. The highest BCUT2D eigenvalue weighted by atomic mass is 35.5. The van der Waals surface area contributed by atoms with Crippen LogP contribution in [0.5, 0.6) is 0 Å². The maximum absolute atomic E-state index is 13.0. The van der Waals surface area contributed by atoms with Gasteiger partial charge in [-0.05, 0) is 36.2 Å². The van der Waals surface area contributed by atoms with Crippen molar-refractivity contribution in [2.24, 2.45) is 30.7 Å². The Morgan fingerprint density at radius 3 is 2.76 bits per heavy atom. The van der Waals surface area contributed by atoms with E-state index in [2.05, 4.69) is 36.5 Å². The van der Waals surface area contributed by atoms with Gasteiger partial charge in [0.25, 0.3) is 0 Å². The molecule has 2 heterocycles. The summed E-state index contributed by atoms with van der Waals surface area (Å²) in [6.07, 6.45) is 7.58. The molecule has 25 heavy (non-hydrogen) atoms. The quantitative estimate of drug-likeness (QED) is 0.859. The third kappa shape index (κ3) is 4.56. The molecular formula is C19H33ClN4O. The van der Waals surface area contributed by atoms with Crippen molar-refractivity contribution in [1.82, 2.24) is 20.4 Å². The van der Waals surface area contributed by atoms with Crippen LogP contribution >= 0.6 is 12.4 Å². The van der Waals surface area contributed by atoms with Crippen LogP contribution in [0.2, 0.25) is 0 Å². The Morgan fingerprint density at radius 1 is 1.36 bits per heavy atom. The van der Waals surface area contributed by atoms with Gasteiger partial charge >= 0.3 is 0 Å². The molecule has 1 aliphatic heterocycles. The summed E-state index contributed by atoms with van der Waals surface area (Å²) in [6, 6.07) is 0.330. The summed E-state index contributed by atoms with van der Waals surface area (Å²) in [5, 5.41) is 11.1. The first-order chi connectivity index (χ1) is 11.5. The molecule has 1 saturated heterocycles. The molecule has 1 amide bonds. The summed E-state index contributed by atoms with van der Waals surface area (Å²) >= 11 is 0. The monoisotopic (exact) mass is 368 g/mol. The van der Waals surface area contributed by atoms with Crippen LogP contribution in [0.15, 0.2) is 12.4 Å². The lowest BCUT2D eigenvalue weighted by atomic mass is 9.73. The van der Waals surface area contributed by atoms with Crippen molar-refractivity contribution in [1.29, 1.82) is 0 Å². The fraction of sp³-hybridized carbons (Fsp3) is 0.789. The summed E-state index contributed by atoms with van der Waals surface area (Å²) < 4.78 is 1.82. The van der Waals surface area contributed by atoms with E-state index >= 15 is 0 Å². The predicted molar refractivity (Wildman–Crippen MR) is 103 cm³/mol. The van der Waals surface area contributed by atoms with Crippen LogP contribution in [0, 0.1) is 23.7 Å². The molecule has 5 atom stereocenters. The van der Waals surface area contributed by atoms with Crippen molar-refractivity contribution in [2.75, 3.05) is 13.1 Å². The molecule has 1 aromatic rings. The zero-order chi connectivity index (χ0) is 17.3. The topological polar surface area (TPSA) is 59.0 Å². The Bertz CT molecular complexity index is 574. The average molecular weight is 369 g/mol. The van der Waals surface area contributed by atoms with Crippen molar-refractivity contribution in [3.63, 3.8) is 0 Å². The van der Waals surface area contributed by atoms with E-state index < -0.39 is 0 Å². The Hall–Kier alpha value is -1.07. The van der Waals surface area contributed by atoms with Gasteiger partial charge in [0.15, 0.2) is 0 Å². The van der Waals surface area contributed by atoms with E-state index in [0.29, 0.717) is 23.8 Å². The van der Waals surface area contributed by atoms with Crippen LogP contribution < -0.4 is 10.6 Å². The van der Waals surface area contributed by atoms with Gasteiger partial charge in [0, 0.05) is 38.3 Å². The van der Waals surface area contributed by atoms with Gasteiger partial charge in [-0.25, -0.2) is 0 Å². The zero-order valence-electron chi connectivity index (χ0n) is 15.9. The van der Waals surface area contributed by atoms with Crippen LogP contribution in [0.4, 0.5) is 0 Å². The Morgan fingerprint density at radius 2 is 2.12 bits per heavy atom. The van der Waals surface area contributed by atoms with Crippen LogP contribution in [0.3, 0.4) is 0 Å². The number of aryl methyl sites for hydroxylation is 1. The molecule has 1 saturated carbocycles. The van der Waals surface area contributed by atoms with Crippen molar-refractivity contribution in [3.8, 4) is 0 Å². The second kappa shape index (κ2) is 8.54. The number of amides is 1. The molecule has 142 valence electrons. The van der Waals surface area contributed by atoms with E-state index in [1.165, 1.54) is 18.4 Å². The van der Waals surface area contributed by atoms with E-state index in [-0.39, 0.29) is 30.2 Å². The van der Waals surface area contributed by atoms with Gasteiger partial charge in [-0.1, -0.05) is 27.2 Å². The van der Waals surface area contributed by atoms with E-state index in [0.717, 1.165) is 19.5 Å². The fourth-order valence-electron chi connectivity index (χ4n) is 4.59. The van der Waals surface area contributed by atoms with Gasteiger partial charge in [-0.2, -0.15) is 5.10 Å². The number of hydrogen-bond acceptors (Lipinski definition) is 3. The molecule has 2 aliphatic rings. The number of rotatable bonds is 4. The van der Waals surface area contributed by atoms with Crippen molar-refractivity contribution >= 4 is 18.3 Å². The number of halogens is 1. The molecule has 6 heteroatoms. The average Bonchev–Trinajstić information content (AvgIpc) is 3.15. The summed E-state index contributed by atoms with van der Waals surface area (Å²) in [6.45, 7) is 8.51. The molecule has 2 fully saturated rings. The predicted octanol–water partition coefficient (Wildman–Crippen LogP) is 2.72. The molecule has 0 aromatic carbocycles. The van der Waals surface area contributed by atoms with E-state index in [9.17, 15) is 4.79 Å². The number of aromatic nitrogens is 2. The van der Waals surface area contributed by atoms with Crippen LogP contribution in [-0.4, -0.2) is 34.8 Å². The van der Waals surface area contributed by atoms with Crippen molar-refractivity contribution in [2.45, 2.75) is 52.0 Å². The maximum Gasteiger partial charge on any atom is 0.225 e. The SMILES string of the molecule is CC1CCC(C(C)C)C(NC(=O)[C@H]2CNC[C@@H]2c2cnn(C)c2)C1.Cl. The summed E-state index contributed by atoms with van der Waals surface area (Å²) in [5.74, 6) is 2.41. The highest BCUT2D eigenvalue weighted by Crippen LogP contribution is 2.34. The largest absolute Gasteiger partial charge is 0.353 e. The molecule has 1 aliphatic carbocycles. The number of carbonyl (C=O) groups is 1. The van der Waals surface area contributed by atoms with Crippen LogP contribution in [0.1, 0.15) is 51.5 Å². The number of hydrogen-bond donors (Lipinski definition) is 2. The third-order valence-electron chi connectivity index (χ3n) is 6.05. The molecule has 0 spiro atoms. The Labute approximate surface area is 157 Å². The maximum atomic E-state index is 13.0. The van der Waals surface area contributed by atoms with Gasteiger partial charge in [-0.3, -0.25) is 9.48 Å². The smallest absolute Gasteiger partial charge is 0.225 e. The Balaban J connectivity index is 0.00000225. The summed E-state index contributed by atoms with van der Waals surface area (Å²) in [4.78, 5) is 13.0. The first-order valence-electron chi connectivity index (χ1n) is 9.45. The minimum absolute atomic E-state index is 0. The molecule has 0 radical (unpaired) electrons. The molecule has 3 rings (SSSR count). The first kappa shape index (κ1) is 20.2. The minimum atomic E-state index is 0. The summed E-state index contributed by atoms with van der Waals surface area (Å²) in [7, 11) is 1.93. The second-order valence-corrected chi connectivity index (χ2v) is 8.26. The lowest BCUT2D eigenvalue weighted by Gasteiger charge is -2.38. The highest BCUT2D eigenvalue weighted by Gasteiger charge is 2.38. The molecule has 2 N–H and O–H groups in total. The van der Waals surface area contributed by atoms with E-state index in [1.54, 1.807) is 0 Å². The van der Waals surface area contributed by atoms with Gasteiger partial charge in [0.2, 0.25) is 5.91 Å². The lowest BCUT2D eigenvalue weighted by Crippen LogP contribution is -2.48. The minimum Gasteiger partial charge on any atom is -0.353 e. The van der Waals surface area contributed by atoms with Gasteiger partial charge in [0.1, 0.15) is 0 Å². The number of carbonyl (C=O) groups excluding carboxylic acids is 1. The van der Waals surface area contributed by atoms with Crippen molar-refractivity contribution < 1.29 is 4.79 Å².